The second-order valence-corrected chi connectivity index (χ2v) is 5.17. The predicted molar refractivity (Wildman–Crippen MR) is 79.2 cm³/mol. The monoisotopic (exact) mass is 304 g/mol. The fraction of sp³-hybridized carbons (Fsp3) is 0.462. The molecule has 0 aliphatic heterocycles. The number of carbonyl (C=O) groups excluding carboxylic acids is 1. The van der Waals surface area contributed by atoms with Crippen molar-refractivity contribution in [3.05, 3.63) is 27.7 Å². The molecule has 1 rings (SSSR count). The van der Waals surface area contributed by atoms with Crippen molar-refractivity contribution in [3.63, 3.8) is 0 Å². The molecule has 6 heteroatoms. The predicted octanol–water partition coefficient (Wildman–Crippen LogP) is 2.86. The van der Waals surface area contributed by atoms with E-state index in [-0.39, 0.29) is 18.5 Å². The van der Waals surface area contributed by atoms with Gasteiger partial charge in [0.2, 0.25) is 5.91 Å². The van der Waals surface area contributed by atoms with Gasteiger partial charge in [-0.1, -0.05) is 23.2 Å². The minimum atomic E-state index is -0.127. The Labute approximate surface area is 123 Å². The fourth-order valence-electron chi connectivity index (χ4n) is 1.57. The highest BCUT2D eigenvalue weighted by Crippen LogP contribution is 2.28. The molecule has 1 amide bonds. The molecule has 0 heterocycles. The van der Waals surface area contributed by atoms with Crippen LogP contribution < -0.4 is 10.6 Å². The standard InChI is InChI=1S/C13H18Cl2N2O2/c1-8-4-11(15)12(5-10(8)14)16-6-13(18)17-9(2)7-19-3/h4-5,9,16H,6-7H2,1-3H3,(H,17,18). The molecular weight excluding hydrogens is 287 g/mol. The number of benzene rings is 1. The molecule has 1 atom stereocenters. The number of nitrogens with one attached hydrogen (secondary N) is 2. The largest absolute Gasteiger partial charge is 0.383 e. The van der Waals surface area contributed by atoms with Crippen LogP contribution in [0, 0.1) is 6.92 Å². The number of ether oxygens (including phenoxy) is 1. The van der Waals surface area contributed by atoms with Gasteiger partial charge in [-0.25, -0.2) is 0 Å². The van der Waals surface area contributed by atoms with Gasteiger partial charge in [-0.2, -0.15) is 0 Å². The minimum Gasteiger partial charge on any atom is -0.383 e. The summed E-state index contributed by atoms with van der Waals surface area (Å²) in [7, 11) is 1.59. The fourth-order valence-corrected chi connectivity index (χ4v) is 2.02. The van der Waals surface area contributed by atoms with Crippen LogP contribution in [-0.4, -0.2) is 32.2 Å². The first-order chi connectivity index (χ1) is 8.93. The van der Waals surface area contributed by atoms with Crippen LogP contribution in [0.5, 0.6) is 0 Å². The van der Waals surface area contributed by atoms with Crippen LogP contribution in [0.2, 0.25) is 10.0 Å². The van der Waals surface area contributed by atoms with Crippen LogP contribution >= 0.6 is 23.2 Å². The summed E-state index contributed by atoms with van der Waals surface area (Å²) in [5.74, 6) is -0.127. The van der Waals surface area contributed by atoms with E-state index in [4.69, 9.17) is 27.9 Å². The van der Waals surface area contributed by atoms with Gasteiger partial charge in [0.25, 0.3) is 0 Å². The summed E-state index contributed by atoms with van der Waals surface area (Å²) in [5, 5.41) is 6.91. The number of rotatable bonds is 6. The lowest BCUT2D eigenvalue weighted by atomic mass is 10.2. The average Bonchev–Trinajstić information content (AvgIpc) is 2.32. The highest BCUT2D eigenvalue weighted by Gasteiger charge is 2.09. The zero-order valence-electron chi connectivity index (χ0n) is 11.2. The first kappa shape index (κ1) is 16.1. The van der Waals surface area contributed by atoms with Gasteiger partial charge in [-0.3, -0.25) is 4.79 Å². The third-order valence-electron chi connectivity index (χ3n) is 2.51. The normalized spacial score (nSPS) is 12.1. The Kier molecular flexibility index (Phi) is 6.42. The van der Waals surface area contributed by atoms with Crippen molar-refractivity contribution in [1.82, 2.24) is 5.32 Å². The lowest BCUT2D eigenvalue weighted by molar-refractivity contribution is -0.120. The minimum absolute atomic E-state index is 0.0311. The second kappa shape index (κ2) is 7.58. The van der Waals surface area contributed by atoms with Gasteiger partial charge in [0.15, 0.2) is 0 Å². The number of anilines is 1. The van der Waals surface area contributed by atoms with E-state index in [1.165, 1.54) is 0 Å². The molecular formula is C13H18Cl2N2O2. The van der Waals surface area contributed by atoms with Crippen molar-refractivity contribution in [2.24, 2.45) is 0 Å². The number of carbonyl (C=O) groups is 1. The highest BCUT2D eigenvalue weighted by molar-refractivity contribution is 6.35. The van der Waals surface area contributed by atoms with E-state index >= 15 is 0 Å². The van der Waals surface area contributed by atoms with E-state index < -0.39 is 0 Å². The Hall–Kier alpha value is -0.970. The van der Waals surface area contributed by atoms with Crippen LogP contribution in [0.1, 0.15) is 12.5 Å². The summed E-state index contributed by atoms with van der Waals surface area (Å²) in [5.41, 5.74) is 1.54. The summed E-state index contributed by atoms with van der Waals surface area (Å²) in [6.45, 7) is 4.35. The maximum absolute atomic E-state index is 11.7. The van der Waals surface area contributed by atoms with Gasteiger partial charge in [0.1, 0.15) is 0 Å². The molecule has 0 fully saturated rings. The number of halogens is 2. The summed E-state index contributed by atoms with van der Waals surface area (Å²) < 4.78 is 4.94. The quantitative estimate of drug-likeness (QED) is 0.849. The molecule has 0 radical (unpaired) electrons. The Bertz CT molecular complexity index is 453. The molecule has 0 spiro atoms. The average molecular weight is 305 g/mol. The van der Waals surface area contributed by atoms with E-state index in [9.17, 15) is 4.79 Å². The number of methoxy groups -OCH3 is 1. The molecule has 1 aromatic rings. The topological polar surface area (TPSA) is 50.4 Å². The maximum Gasteiger partial charge on any atom is 0.239 e. The Morgan fingerprint density at radius 3 is 2.68 bits per heavy atom. The van der Waals surface area contributed by atoms with Crippen molar-refractivity contribution >= 4 is 34.8 Å². The van der Waals surface area contributed by atoms with Gasteiger partial charge in [0, 0.05) is 18.2 Å². The van der Waals surface area contributed by atoms with Crippen molar-refractivity contribution in [3.8, 4) is 0 Å². The smallest absolute Gasteiger partial charge is 0.239 e. The molecule has 1 unspecified atom stereocenters. The van der Waals surface area contributed by atoms with E-state index in [0.29, 0.717) is 22.3 Å². The lowest BCUT2D eigenvalue weighted by Gasteiger charge is -2.14. The number of aryl methyl sites for hydroxylation is 1. The van der Waals surface area contributed by atoms with E-state index in [1.54, 1.807) is 19.2 Å². The summed E-state index contributed by atoms with van der Waals surface area (Å²) >= 11 is 12.1. The van der Waals surface area contributed by atoms with Crippen LogP contribution in [-0.2, 0) is 9.53 Å². The molecule has 0 aromatic heterocycles. The summed E-state index contributed by atoms with van der Waals surface area (Å²) in [4.78, 5) is 11.7. The molecule has 0 bridgehead atoms. The van der Waals surface area contributed by atoms with Crippen LogP contribution in [0.4, 0.5) is 5.69 Å². The van der Waals surface area contributed by atoms with Gasteiger partial charge >= 0.3 is 0 Å². The van der Waals surface area contributed by atoms with Gasteiger partial charge in [-0.05, 0) is 31.5 Å². The van der Waals surface area contributed by atoms with Crippen LogP contribution in [0.25, 0.3) is 0 Å². The molecule has 4 nitrogen and oxygen atoms in total. The Balaban J connectivity index is 2.53. The molecule has 0 aliphatic carbocycles. The van der Waals surface area contributed by atoms with Gasteiger partial charge in [-0.15, -0.1) is 0 Å². The van der Waals surface area contributed by atoms with E-state index in [1.807, 2.05) is 13.8 Å². The summed E-state index contributed by atoms with van der Waals surface area (Å²) in [6.07, 6.45) is 0. The third kappa shape index (κ3) is 5.27. The second-order valence-electron chi connectivity index (χ2n) is 4.36. The molecule has 1 aromatic carbocycles. The van der Waals surface area contributed by atoms with Gasteiger partial charge in [0.05, 0.1) is 23.9 Å². The van der Waals surface area contributed by atoms with Crippen molar-refractivity contribution in [2.45, 2.75) is 19.9 Å². The first-order valence-electron chi connectivity index (χ1n) is 5.92. The number of hydrogen-bond donors (Lipinski definition) is 2. The van der Waals surface area contributed by atoms with Gasteiger partial charge < -0.3 is 15.4 Å². The highest BCUT2D eigenvalue weighted by atomic mass is 35.5. The number of hydrogen-bond acceptors (Lipinski definition) is 3. The molecule has 2 N–H and O–H groups in total. The first-order valence-corrected chi connectivity index (χ1v) is 6.67. The zero-order valence-corrected chi connectivity index (χ0v) is 12.7. The molecule has 19 heavy (non-hydrogen) atoms. The third-order valence-corrected chi connectivity index (χ3v) is 3.23. The molecule has 106 valence electrons. The van der Waals surface area contributed by atoms with Crippen LogP contribution in [0.15, 0.2) is 12.1 Å². The van der Waals surface area contributed by atoms with Crippen molar-refractivity contribution < 1.29 is 9.53 Å². The summed E-state index contributed by atoms with van der Waals surface area (Å²) in [6, 6.07) is 3.44. The van der Waals surface area contributed by atoms with Crippen LogP contribution in [0.3, 0.4) is 0 Å². The lowest BCUT2D eigenvalue weighted by Crippen LogP contribution is -2.39. The Morgan fingerprint density at radius 1 is 1.37 bits per heavy atom. The molecule has 0 aliphatic rings. The van der Waals surface area contributed by atoms with Crippen molar-refractivity contribution in [2.75, 3.05) is 25.6 Å². The van der Waals surface area contributed by atoms with Crippen molar-refractivity contribution in [1.29, 1.82) is 0 Å². The number of amides is 1. The molecule has 0 saturated carbocycles. The maximum atomic E-state index is 11.7. The van der Waals surface area contributed by atoms with E-state index in [2.05, 4.69) is 10.6 Å². The SMILES string of the molecule is COCC(C)NC(=O)CNc1cc(Cl)c(C)cc1Cl. The molecule has 0 saturated heterocycles. The zero-order chi connectivity index (χ0) is 14.4. The van der Waals surface area contributed by atoms with E-state index in [0.717, 1.165) is 5.56 Å². The Morgan fingerprint density at radius 2 is 2.05 bits per heavy atom.